The summed E-state index contributed by atoms with van der Waals surface area (Å²) in [4.78, 5) is 16.1. The van der Waals surface area contributed by atoms with Gasteiger partial charge in [-0.1, -0.05) is 5.92 Å². The van der Waals surface area contributed by atoms with Crippen LogP contribution in [0.4, 0.5) is 0 Å². The topological polar surface area (TPSA) is 57.4 Å². The number of aromatic amines is 2. The van der Waals surface area contributed by atoms with Gasteiger partial charge in [-0.15, -0.1) is 6.42 Å². The van der Waals surface area contributed by atoms with Gasteiger partial charge in [-0.3, -0.25) is 0 Å². The molecule has 2 aliphatic rings. The van der Waals surface area contributed by atoms with Crippen molar-refractivity contribution in [3.05, 3.63) is 70.8 Å². The molecule has 2 aliphatic heterocycles. The van der Waals surface area contributed by atoms with Gasteiger partial charge in [-0.05, 0) is 78.6 Å². The summed E-state index contributed by atoms with van der Waals surface area (Å²) in [6.45, 7) is 0. The smallest absolute Gasteiger partial charge is 0.0659 e. The Morgan fingerprint density at radius 3 is 2.04 bits per heavy atom. The number of nitrogens with one attached hydrogen (secondary N) is 2. The molecule has 0 spiro atoms. The van der Waals surface area contributed by atoms with Gasteiger partial charge in [0.25, 0.3) is 0 Å². The molecule has 0 aromatic carbocycles. The van der Waals surface area contributed by atoms with Crippen molar-refractivity contribution in [1.82, 2.24) is 19.9 Å². The van der Waals surface area contributed by atoms with Crippen molar-refractivity contribution in [3.8, 4) is 24.2 Å². The van der Waals surface area contributed by atoms with Crippen LogP contribution in [-0.2, 0) is 0 Å². The van der Waals surface area contributed by atoms with Crippen molar-refractivity contribution in [3.63, 3.8) is 0 Å². The lowest BCUT2D eigenvalue weighted by atomic mass is 10.2. The number of H-pyrrole nitrogens is 2. The number of fused-ring (bicyclic) bond motifs is 8. The second-order valence-corrected chi connectivity index (χ2v) is 6.48. The predicted octanol–water partition coefficient (Wildman–Crippen LogP) is 4.64. The summed E-state index contributed by atoms with van der Waals surface area (Å²) in [6, 6.07) is 14.0. The zero-order valence-corrected chi connectivity index (χ0v) is 14.8. The van der Waals surface area contributed by atoms with E-state index in [1.54, 1.807) is 0 Å². The normalized spacial score (nSPS) is 11.7. The van der Waals surface area contributed by atoms with E-state index in [-0.39, 0.29) is 0 Å². The van der Waals surface area contributed by atoms with E-state index in [1.165, 1.54) is 0 Å². The fourth-order valence-electron chi connectivity index (χ4n) is 3.23. The minimum atomic E-state index is 0.835. The molecule has 0 atom stereocenters. The van der Waals surface area contributed by atoms with Gasteiger partial charge in [0.1, 0.15) is 0 Å². The number of hydrogen-bond acceptors (Lipinski definition) is 2. The van der Waals surface area contributed by atoms with Crippen LogP contribution in [0.15, 0.2) is 42.5 Å². The lowest BCUT2D eigenvalue weighted by Crippen LogP contribution is -1.78. The molecular formula is C24H14N4. The van der Waals surface area contributed by atoms with Crippen LogP contribution in [0.5, 0.6) is 0 Å². The van der Waals surface area contributed by atoms with Crippen LogP contribution in [0.2, 0.25) is 0 Å². The molecule has 3 aromatic rings. The van der Waals surface area contributed by atoms with E-state index in [1.807, 2.05) is 66.8 Å². The van der Waals surface area contributed by atoms with Crippen LogP contribution >= 0.6 is 0 Å². The lowest BCUT2D eigenvalue weighted by molar-refractivity contribution is 1.28. The summed E-state index contributed by atoms with van der Waals surface area (Å²) in [7, 11) is 0. The molecule has 5 rings (SSSR count). The molecule has 3 aromatic heterocycles. The summed E-state index contributed by atoms with van der Waals surface area (Å²) >= 11 is 0. The second kappa shape index (κ2) is 6.46. The first kappa shape index (κ1) is 15.9. The third-order valence-electron chi connectivity index (χ3n) is 4.44. The van der Waals surface area contributed by atoms with E-state index in [2.05, 4.69) is 37.7 Å². The second-order valence-electron chi connectivity index (χ2n) is 6.48. The number of hydrogen-bond donors (Lipinski definition) is 2. The molecule has 0 amide bonds. The minimum absolute atomic E-state index is 0.835. The first-order chi connectivity index (χ1) is 13.7. The van der Waals surface area contributed by atoms with Gasteiger partial charge in [0.15, 0.2) is 0 Å². The SMILES string of the molecule is C#CC#Cc1cc2cc3ccc(cc4nc(cc5nc(cc1[nH]2)C=C5)C=C4)[nH]3. The Labute approximate surface area is 161 Å². The highest BCUT2D eigenvalue weighted by Gasteiger charge is 2.04. The zero-order chi connectivity index (χ0) is 18.9. The van der Waals surface area contributed by atoms with Crippen LogP contribution in [0.1, 0.15) is 28.3 Å². The van der Waals surface area contributed by atoms with Crippen molar-refractivity contribution in [2.45, 2.75) is 0 Å². The fourth-order valence-corrected chi connectivity index (χ4v) is 3.23. The molecule has 4 nitrogen and oxygen atoms in total. The van der Waals surface area contributed by atoms with E-state index < -0.39 is 0 Å². The first-order valence-corrected chi connectivity index (χ1v) is 8.80. The van der Waals surface area contributed by atoms with Gasteiger partial charge in [-0.2, -0.15) is 0 Å². The zero-order valence-electron chi connectivity index (χ0n) is 14.8. The molecule has 130 valence electrons. The van der Waals surface area contributed by atoms with Gasteiger partial charge >= 0.3 is 0 Å². The third kappa shape index (κ3) is 3.11. The van der Waals surface area contributed by atoms with Crippen molar-refractivity contribution in [2.75, 3.05) is 0 Å². The van der Waals surface area contributed by atoms with Crippen LogP contribution in [0.25, 0.3) is 46.4 Å². The summed E-state index contributed by atoms with van der Waals surface area (Å²) < 4.78 is 0. The van der Waals surface area contributed by atoms with E-state index in [0.29, 0.717) is 0 Å². The van der Waals surface area contributed by atoms with Gasteiger partial charge in [0.05, 0.1) is 33.9 Å². The average Bonchev–Trinajstić information content (AvgIpc) is 3.45. The molecule has 0 aliphatic carbocycles. The van der Waals surface area contributed by atoms with Gasteiger partial charge in [0.2, 0.25) is 0 Å². The van der Waals surface area contributed by atoms with Crippen molar-refractivity contribution >= 4 is 46.4 Å². The Morgan fingerprint density at radius 1 is 0.679 bits per heavy atom. The van der Waals surface area contributed by atoms with E-state index in [0.717, 1.165) is 50.4 Å². The van der Waals surface area contributed by atoms with Crippen LogP contribution in [0.3, 0.4) is 0 Å². The maximum absolute atomic E-state index is 5.30. The first-order valence-electron chi connectivity index (χ1n) is 8.80. The highest BCUT2D eigenvalue weighted by molar-refractivity contribution is 5.79. The molecule has 0 saturated carbocycles. The lowest BCUT2D eigenvalue weighted by Gasteiger charge is -1.86. The Hall–Kier alpha value is -4.28. The van der Waals surface area contributed by atoms with Crippen molar-refractivity contribution in [1.29, 1.82) is 0 Å². The van der Waals surface area contributed by atoms with E-state index >= 15 is 0 Å². The Morgan fingerprint density at radius 2 is 1.32 bits per heavy atom. The standard InChI is InChI=1S/C24H14N4/c1-2-3-4-16-11-23-14-21-8-7-19(26-21)12-17-5-6-18(25-17)13-20-9-10-22(27-20)15-24(16)28-23/h1,5-15,26,28H. The summed E-state index contributed by atoms with van der Waals surface area (Å²) in [5.41, 5.74) is 8.09. The molecule has 5 heterocycles. The molecule has 4 heteroatoms. The minimum Gasteiger partial charge on any atom is -0.355 e. The molecule has 0 fully saturated rings. The molecular weight excluding hydrogens is 344 g/mol. The van der Waals surface area contributed by atoms with Gasteiger partial charge in [0, 0.05) is 16.6 Å². The van der Waals surface area contributed by atoms with E-state index in [9.17, 15) is 0 Å². The maximum atomic E-state index is 5.30. The predicted molar refractivity (Wildman–Crippen MR) is 115 cm³/mol. The molecule has 0 radical (unpaired) electrons. The summed E-state index contributed by atoms with van der Waals surface area (Å²) in [5.74, 6) is 8.08. The van der Waals surface area contributed by atoms with Gasteiger partial charge < -0.3 is 9.97 Å². The summed E-state index contributed by atoms with van der Waals surface area (Å²) in [6.07, 6.45) is 13.2. The quantitative estimate of drug-likeness (QED) is 0.396. The maximum Gasteiger partial charge on any atom is 0.0659 e. The largest absolute Gasteiger partial charge is 0.355 e. The summed E-state index contributed by atoms with van der Waals surface area (Å²) in [5, 5.41) is 0. The van der Waals surface area contributed by atoms with Crippen molar-refractivity contribution in [2.24, 2.45) is 0 Å². The number of rotatable bonds is 0. The van der Waals surface area contributed by atoms with Gasteiger partial charge in [-0.25, -0.2) is 9.97 Å². The molecule has 28 heavy (non-hydrogen) atoms. The average molecular weight is 358 g/mol. The molecule has 0 unspecified atom stereocenters. The Balaban J connectivity index is 1.86. The number of nitrogens with zero attached hydrogens (tertiary/aromatic N) is 2. The number of aromatic nitrogens is 4. The fraction of sp³-hybridized carbons (Fsp3) is 0. The van der Waals surface area contributed by atoms with Crippen LogP contribution in [-0.4, -0.2) is 19.9 Å². The Kier molecular flexibility index (Phi) is 3.68. The van der Waals surface area contributed by atoms with Crippen LogP contribution < -0.4 is 0 Å². The molecule has 0 saturated heterocycles. The third-order valence-corrected chi connectivity index (χ3v) is 4.44. The highest BCUT2D eigenvalue weighted by Crippen LogP contribution is 2.19. The molecule has 2 N–H and O–H groups in total. The Bertz CT molecular complexity index is 1430. The molecule has 8 bridgehead atoms. The highest BCUT2D eigenvalue weighted by atomic mass is 14.8. The van der Waals surface area contributed by atoms with Crippen molar-refractivity contribution < 1.29 is 0 Å². The van der Waals surface area contributed by atoms with E-state index in [4.69, 9.17) is 6.42 Å². The monoisotopic (exact) mass is 358 g/mol. The number of terminal acetylenes is 1. The van der Waals surface area contributed by atoms with Crippen LogP contribution in [0, 0.1) is 24.2 Å².